The van der Waals surface area contributed by atoms with E-state index in [4.69, 9.17) is 4.74 Å². The molecule has 0 bridgehead atoms. The first-order valence-electron chi connectivity index (χ1n) is 8.23. The van der Waals surface area contributed by atoms with Gasteiger partial charge in [-0.05, 0) is 40.7 Å². The number of rotatable bonds is 5. The van der Waals surface area contributed by atoms with Crippen molar-refractivity contribution < 1.29 is 14.6 Å². The first-order valence-corrected chi connectivity index (χ1v) is 8.23. The first-order chi connectivity index (χ1) is 11.3. The summed E-state index contributed by atoms with van der Waals surface area (Å²) < 4.78 is 4.71. The molecule has 0 saturated heterocycles. The number of hydrogen-bond acceptors (Lipinski definition) is 3. The van der Waals surface area contributed by atoms with Gasteiger partial charge in [0.2, 0.25) is 0 Å². The Morgan fingerprint density at radius 2 is 1.62 bits per heavy atom. The van der Waals surface area contributed by atoms with Crippen LogP contribution in [-0.4, -0.2) is 24.8 Å². The van der Waals surface area contributed by atoms with E-state index < -0.39 is 0 Å². The molecule has 1 atom stereocenters. The van der Waals surface area contributed by atoms with Crippen LogP contribution in [0, 0.1) is 0 Å². The number of benzene rings is 2. The van der Waals surface area contributed by atoms with E-state index in [1.807, 2.05) is 12.1 Å². The smallest absolute Gasteiger partial charge is 0.337 e. The van der Waals surface area contributed by atoms with Crippen LogP contribution >= 0.6 is 0 Å². The molecular formula is C21H26O3. The van der Waals surface area contributed by atoms with Gasteiger partial charge < -0.3 is 9.84 Å². The van der Waals surface area contributed by atoms with E-state index in [2.05, 4.69) is 45.0 Å². The zero-order valence-electron chi connectivity index (χ0n) is 14.9. The number of aliphatic hydroxyl groups excluding tert-OH is 1. The molecule has 0 heterocycles. The zero-order valence-corrected chi connectivity index (χ0v) is 14.9. The van der Waals surface area contributed by atoms with Crippen molar-refractivity contribution >= 4 is 5.97 Å². The largest absolute Gasteiger partial charge is 0.465 e. The van der Waals surface area contributed by atoms with Gasteiger partial charge in [0.05, 0.1) is 19.3 Å². The van der Waals surface area contributed by atoms with E-state index in [9.17, 15) is 9.90 Å². The lowest BCUT2D eigenvalue weighted by atomic mass is 9.85. The van der Waals surface area contributed by atoms with Gasteiger partial charge in [0, 0.05) is 5.92 Å². The van der Waals surface area contributed by atoms with Crippen molar-refractivity contribution in [3.63, 3.8) is 0 Å². The fourth-order valence-electron chi connectivity index (χ4n) is 2.72. The fraction of sp³-hybridized carbons (Fsp3) is 0.381. The predicted molar refractivity (Wildman–Crippen MR) is 96.5 cm³/mol. The summed E-state index contributed by atoms with van der Waals surface area (Å²) in [5, 5.41) is 9.78. The molecule has 1 N–H and O–H groups in total. The maximum absolute atomic E-state index is 11.5. The lowest BCUT2D eigenvalue weighted by Gasteiger charge is -2.21. The van der Waals surface area contributed by atoms with Crippen LogP contribution in [0.4, 0.5) is 0 Å². The summed E-state index contributed by atoms with van der Waals surface area (Å²) in [4.78, 5) is 11.5. The Morgan fingerprint density at radius 1 is 1.04 bits per heavy atom. The van der Waals surface area contributed by atoms with Crippen LogP contribution in [0.3, 0.4) is 0 Å². The molecule has 0 spiro atoms. The van der Waals surface area contributed by atoms with E-state index in [1.165, 1.54) is 12.7 Å². The number of aliphatic hydroxyl groups is 1. The van der Waals surface area contributed by atoms with Crippen LogP contribution in [0.15, 0.2) is 48.5 Å². The molecular weight excluding hydrogens is 300 g/mol. The van der Waals surface area contributed by atoms with Crippen molar-refractivity contribution in [1.29, 1.82) is 0 Å². The molecule has 3 heteroatoms. The molecule has 1 unspecified atom stereocenters. The quantitative estimate of drug-likeness (QED) is 0.842. The average Bonchev–Trinajstić information content (AvgIpc) is 2.59. The lowest BCUT2D eigenvalue weighted by Crippen LogP contribution is -2.12. The average molecular weight is 326 g/mol. The maximum Gasteiger partial charge on any atom is 0.337 e. The van der Waals surface area contributed by atoms with Crippen LogP contribution < -0.4 is 0 Å². The second kappa shape index (κ2) is 7.63. The van der Waals surface area contributed by atoms with Crippen molar-refractivity contribution in [2.45, 2.75) is 38.5 Å². The van der Waals surface area contributed by atoms with Gasteiger partial charge in [0.25, 0.3) is 0 Å². The van der Waals surface area contributed by atoms with E-state index in [1.54, 1.807) is 12.1 Å². The third kappa shape index (κ3) is 4.45. The summed E-state index contributed by atoms with van der Waals surface area (Å²) in [6, 6.07) is 15.8. The highest BCUT2D eigenvalue weighted by Crippen LogP contribution is 2.26. The normalized spacial score (nSPS) is 12.7. The van der Waals surface area contributed by atoms with Gasteiger partial charge in [-0.3, -0.25) is 0 Å². The van der Waals surface area contributed by atoms with Crippen molar-refractivity contribution in [2.75, 3.05) is 13.7 Å². The Labute approximate surface area is 144 Å². The second-order valence-corrected chi connectivity index (χ2v) is 7.14. The summed E-state index contributed by atoms with van der Waals surface area (Å²) >= 11 is 0. The van der Waals surface area contributed by atoms with Crippen molar-refractivity contribution in [3.05, 3.63) is 70.8 Å². The molecule has 0 aliphatic rings. The Kier molecular flexibility index (Phi) is 5.79. The van der Waals surface area contributed by atoms with Crippen molar-refractivity contribution in [3.8, 4) is 0 Å². The Balaban J connectivity index is 2.13. The van der Waals surface area contributed by atoms with Gasteiger partial charge >= 0.3 is 5.97 Å². The third-order valence-electron chi connectivity index (χ3n) is 4.33. The fourth-order valence-corrected chi connectivity index (χ4v) is 2.72. The van der Waals surface area contributed by atoms with Gasteiger partial charge in [-0.1, -0.05) is 57.2 Å². The summed E-state index contributed by atoms with van der Waals surface area (Å²) in [6.45, 7) is 6.66. The summed E-state index contributed by atoms with van der Waals surface area (Å²) in [5.41, 5.74) is 4.16. The molecule has 0 radical (unpaired) electrons. The SMILES string of the molecule is COC(=O)c1ccc(CC(CO)c2ccc(C(C)(C)C)cc2)cc1. The summed E-state index contributed by atoms with van der Waals surface area (Å²) in [6.07, 6.45) is 0.729. The standard InChI is InChI=1S/C21H26O3/c1-21(2,3)19-11-9-16(10-12-19)18(14-22)13-15-5-7-17(8-6-15)20(23)24-4/h5-12,18,22H,13-14H2,1-4H3. The van der Waals surface area contributed by atoms with Gasteiger partial charge in [0.1, 0.15) is 0 Å². The number of hydrogen-bond donors (Lipinski definition) is 1. The summed E-state index contributed by atoms with van der Waals surface area (Å²) in [5.74, 6) is -0.291. The molecule has 0 fully saturated rings. The molecule has 2 rings (SSSR count). The van der Waals surface area contributed by atoms with E-state index in [0.29, 0.717) is 5.56 Å². The van der Waals surface area contributed by atoms with Crippen molar-refractivity contribution in [1.82, 2.24) is 0 Å². The molecule has 24 heavy (non-hydrogen) atoms. The van der Waals surface area contributed by atoms with Gasteiger partial charge in [-0.25, -0.2) is 4.79 Å². The second-order valence-electron chi connectivity index (χ2n) is 7.14. The minimum Gasteiger partial charge on any atom is -0.465 e. The van der Waals surface area contributed by atoms with E-state index in [0.717, 1.165) is 17.5 Å². The van der Waals surface area contributed by atoms with Crippen LogP contribution in [0.5, 0.6) is 0 Å². The molecule has 3 nitrogen and oxygen atoms in total. The minimum absolute atomic E-state index is 0.0444. The molecule has 2 aromatic rings. The van der Waals surface area contributed by atoms with Crippen LogP contribution in [0.1, 0.15) is 53.7 Å². The zero-order chi connectivity index (χ0) is 17.7. The first kappa shape index (κ1) is 18.2. The molecule has 0 aliphatic carbocycles. The molecule has 0 amide bonds. The van der Waals surface area contributed by atoms with Gasteiger partial charge in [0.15, 0.2) is 0 Å². The van der Waals surface area contributed by atoms with Crippen molar-refractivity contribution in [2.24, 2.45) is 0 Å². The molecule has 0 aliphatic heterocycles. The highest BCUT2D eigenvalue weighted by molar-refractivity contribution is 5.89. The van der Waals surface area contributed by atoms with Crippen LogP contribution in [0.25, 0.3) is 0 Å². The minimum atomic E-state index is -0.335. The van der Waals surface area contributed by atoms with E-state index >= 15 is 0 Å². The Morgan fingerprint density at radius 3 is 2.08 bits per heavy atom. The summed E-state index contributed by atoms with van der Waals surface area (Å²) in [7, 11) is 1.37. The van der Waals surface area contributed by atoms with Gasteiger partial charge in [-0.15, -0.1) is 0 Å². The topological polar surface area (TPSA) is 46.5 Å². The Bertz CT molecular complexity index is 664. The monoisotopic (exact) mass is 326 g/mol. The highest BCUT2D eigenvalue weighted by Gasteiger charge is 2.16. The van der Waals surface area contributed by atoms with E-state index in [-0.39, 0.29) is 23.9 Å². The molecule has 0 saturated carbocycles. The predicted octanol–water partition coefficient (Wildman–Crippen LogP) is 4.09. The number of carbonyl (C=O) groups excluding carboxylic acids is 1. The molecule has 2 aromatic carbocycles. The number of ether oxygens (including phenoxy) is 1. The highest BCUT2D eigenvalue weighted by atomic mass is 16.5. The third-order valence-corrected chi connectivity index (χ3v) is 4.33. The number of methoxy groups -OCH3 is 1. The maximum atomic E-state index is 11.5. The molecule has 0 aromatic heterocycles. The lowest BCUT2D eigenvalue weighted by molar-refractivity contribution is 0.0600. The van der Waals surface area contributed by atoms with Crippen LogP contribution in [0.2, 0.25) is 0 Å². The number of carbonyl (C=O) groups is 1. The van der Waals surface area contributed by atoms with Gasteiger partial charge in [-0.2, -0.15) is 0 Å². The molecule has 128 valence electrons. The number of esters is 1. The Hall–Kier alpha value is -2.13. The van der Waals surface area contributed by atoms with Crippen LogP contribution in [-0.2, 0) is 16.6 Å².